The molecule has 2 aliphatic heterocycles. The van der Waals surface area contributed by atoms with Gasteiger partial charge in [0.15, 0.2) is 0 Å². The lowest BCUT2D eigenvalue weighted by molar-refractivity contribution is -0.151. The Hall–Kier alpha value is -2.90. The summed E-state index contributed by atoms with van der Waals surface area (Å²) < 4.78 is 13.2. The summed E-state index contributed by atoms with van der Waals surface area (Å²) in [4.78, 5) is 42.2. The van der Waals surface area contributed by atoms with Gasteiger partial charge >= 0.3 is 6.09 Å². The van der Waals surface area contributed by atoms with Gasteiger partial charge in [0.05, 0.1) is 0 Å². The molecule has 0 spiro atoms. The smallest absolute Gasteiger partial charge is 0.413 e. The number of hydrogen-bond acceptors (Lipinski definition) is 3. The van der Waals surface area contributed by atoms with Crippen molar-refractivity contribution in [2.75, 3.05) is 13.1 Å². The van der Waals surface area contributed by atoms with Crippen molar-refractivity contribution in [2.24, 2.45) is 5.92 Å². The number of hydrogen-bond donors (Lipinski definition) is 1. The van der Waals surface area contributed by atoms with Gasteiger partial charge in [-0.3, -0.25) is 19.4 Å². The molecule has 1 N–H and O–H groups in total. The zero-order valence-corrected chi connectivity index (χ0v) is 16.8. The van der Waals surface area contributed by atoms with E-state index in [4.69, 9.17) is 0 Å². The van der Waals surface area contributed by atoms with Gasteiger partial charge < -0.3 is 10.0 Å². The van der Waals surface area contributed by atoms with Crippen LogP contribution in [-0.4, -0.2) is 56.8 Å². The average Bonchev–Trinajstić information content (AvgIpc) is 2.74. The molecule has 2 heterocycles. The molecule has 0 unspecified atom stereocenters. The highest BCUT2D eigenvalue weighted by Gasteiger charge is 2.47. The standard InChI is InChI=1S/C22H26FN3O4/c23-17-8-6-15(7-9-17)10-12-24-14-18-25(22(29)30)13-11-19(27)26(18)20(21(24)28)16-4-2-1-3-5-16/h6-9,14,16,20H,1-5,10-13H2,(H,29,30)/t20-/m0/s1. The SMILES string of the molecule is O=C1[C@H](C2CCCCC2)N2C(=O)CCN(C(=O)O)C2=CN1CCc1ccc(F)cc1. The maximum atomic E-state index is 13.4. The van der Waals surface area contributed by atoms with E-state index in [2.05, 4.69) is 0 Å². The summed E-state index contributed by atoms with van der Waals surface area (Å²) in [7, 11) is 0. The zero-order valence-electron chi connectivity index (χ0n) is 16.8. The minimum atomic E-state index is -1.13. The first-order chi connectivity index (χ1) is 14.5. The van der Waals surface area contributed by atoms with Gasteiger partial charge in [-0.2, -0.15) is 0 Å². The van der Waals surface area contributed by atoms with Crippen LogP contribution in [0.25, 0.3) is 0 Å². The largest absolute Gasteiger partial charge is 0.465 e. The summed E-state index contributed by atoms with van der Waals surface area (Å²) in [5, 5.41) is 9.65. The van der Waals surface area contributed by atoms with Crippen molar-refractivity contribution in [3.8, 4) is 0 Å². The van der Waals surface area contributed by atoms with E-state index in [1.807, 2.05) is 0 Å². The number of fused-ring (bicyclic) bond motifs is 1. The fourth-order valence-electron chi connectivity index (χ4n) is 4.74. The number of carbonyl (C=O) groups is 3. The van der Waals surface area contributed by atoms with E-state index >= 15 is 0 Å². The monoisotopic (exact) mass is 415 g/mol. The average molecular weight is 415 g/mol. The van der Waals surface area contributed by atoms with Crippen LogP contribution in [-0.2, 0) is 16.0 Å². The fraction of sp³-hybridized carbons (Fsp3) is 0.500. The predicted molar refractivity (Wildman–Crippen MR) is 106 cm³/mol. The van der Waals surface area contributed by atoms with E-state index in [0.717, 1.165) is 42.6 Å². The van der Waals surface area contributed by atoms with Crippen molar-refractivity contribution < 1.29 is 23.9 Å². The molecular formula is C22H26FN3O4. The van der Waals surface area contributed by atoms with E-state index in [0.29, 0.717) is 13.0 Å². The minimum absolute atomic E-state index is 0.0287. The molecule has 0 radical (unpaired) electrons. The van der Waals surface area contributed by atoms with Gasteiger partial charge in [-0.1, -0.05) is 31.4 Å². The molecule has 0 aromatic heterocycles. The fourth-order valence-corrected chi connectivity index (χ4v) is 4.74. The van der Waals surface area contributed by atoms with E-state index in [9.17, 15) is 23.9 Å². The highest BCUT2D eigenvalue weighted by Crippen LogP contribution is 2.36. The Morgan fingerprint density at radius 2 is 1.80 bits per heavy atom. The molecule has 1 saturated heterocycles. The first kappa shape index (κ1) is 20.4. The van der Waals surface area contributed by atoms with E-state index < -0.39 is 12.1 Å². The van der Waals surface area contributed by atoms with Crippen molar-refractivity contribution in [1.82, 2.24) is 14.7 Å². The van der Waals surface area contributed by atoms with Crippen LogP contribution in [0.5, 0.6) is 0 Å². The Bertz CT molecular complexity index is 864. The second-order valence-corrected chi connectivity index (χ2v) is 8.19. The third-order valence-electron chi connectivity index (χ3n) is 6.31. The number of halogens is 1. The highest BCUT2D eigenvalue weighted by molar-refractivity contribution is 5.93. The lowest BCUT2D eigenvalue weighted by Crippen LogP contribution is -2.62. The summed E-state index contributed by atoms with van der Waals surface area (Å²) in [6, 6.07) is 5.45. The van der Waals surface area contributed by atoms with Crippen molar-refractivity contribution in [3.63, 3.8) is 0 Å². The topological polar surface area (TPSA) is 81.2 Å². The molecule has 1 saturated carbocycles. The predicted octanol–water partition coefficient (Wildman–Crippen LogP) is 3.17. The van der Waals surface area contributed by atoms with Crippen molar-refractivity contribution in [3.05, 3.63) is 47.7 Å². The minimum Gasteiger partial charge on any atom is -0.465 e. The molecule has 8 heteroatoms. The molecule has 1 aromatic rings. The van der Waals surface area contributed by atoms with Crippen LogP contribution < -0.4 is 0 Å². The van der Waals surface area contributed by atoms with Crippen molar-refractivity contribution in [2.45, 2.75) is 51.0 Å². The molecule has 4 rings (SSSR count). The van der Waals surface area contributed by atoms with E-state index in [1.54, 1.807) is 17.0 Å². The molecule has 3 aliphatic rings. The van der Waals surface area contributed by atoms with E-state index in [1.165, 1.54) is 23.2 Å². The van der Waals surface area contributed by atoms with Gasteiger partial charge in [0, 0.05) is 25.7 Å². The highest BCUT2D eigenvalue weighted by atomic mass is 19.1. The van der Waals surface area contributed by atoms with Gasteiger partial charge in [-0.05, 0) is 42.9 Å². The third kappa shape index (κ3) is 3.91. The maximum Gasteiger partial charge on any atom is 0.413 e. The Morgan fingerprint density at radius 1 is 1.10 bits per heavy atom. The molecule has 3 amide bonds. The molecule has 1 atom stereocenters. The number of benzene rings is 1. The Morgan fingerprint density at radius 3 is 2.47 bits per heavy atom. The number of rotatable bonds is 4. The molecule has 160 valence electrons. The first-order valence-electron chi connectivity index (χ1n) is 10.5. The van der Waals surface area contributed by atoms with Gasteiger partial charge in [0.25, 0.3) is 0 Å². The molecular weight excluding hydrogens is 389 g/mol. The van der Waals surface area contributed by atoms with Gasteiger partial charge in [-0.15, -0.1) is 0 Å². The van der Waals surface area contributed by atoms with Crippen LogP contribution in [0.1, 0.15) is 44.1 Å². The Labute approximate surface area is 174 Å². The molecule has 2 fully saturated rings. The Balaban J connectivity index is 1.64. The first-order valence-corrected chi connectivity index (χ1v) is 10.5. The van der Waals surface area contributed by atoms with Crippen molar-refractivity contribution >= 4 is 17.9 Å². The number of carboxylic acid groups (broad SMARTS) is 1. The lowest BCUT2D eigenvalue weighted by atomic mass is 9.81. The lowest BCUT2D eigenvalue weighted by Gasteiger charge is -2.48. The molecule has 30 heavy (non-hydrogen) atoms. The van der Waals surface area contributed by atoms with Crippen LogP contribution in [0.4, 0.5) is 9.18 Å². The van der Waals surface area contributed by atoms with Crippen LogP contribution in [0.2, 0.25) is 0 Å². The Kier molecular flexibility index (Phi) is 5.74. The van der Waals surface area contributed by atoms with Crippen LogP contribution >= 0.6 is 0 Å². The summed E-state index contributed by atoms with van der Waals surface area (Å²) in [6.45, 7) is 0.431. The summed E-state index contributed by atoms with van der Waals surface area (Å²) in [5.41, 5.74) is 0.883. The van der Waals surface area contributed by atoms with E-state index in [-0.39, 0.29) is 42.3 Å². The van der Waals surface area contributed by atoms with Crippen molar-refractivity contribution in [1.29, 1.82) is 0 Å². The number of nitrogens with zero attached hydrogens (tertiary/aromatic N) is 3. The third-order valence-corrected chi connectivity index (χ3v) is 6.31. The van der Waals surface area contributed by atoms with Crippen LogP contribution in [0.15, 0.2) is 36.3 Å². The van der Waals surface area contributed by atoms with Gasteiger partial charge in [0.2, 0.25) is 11.8 Å². The quantitative estimate of drug-likeness (QED) is 0.819. The second kappa shape index (κ2) is 8.45. The second-order valence-electron chi connectivity index (χ2n) is 8.19. The zero-order chi connectivity index (χ0) is 21.3. The maximum absolute atomic E-state index is 13.4. The summed E-state index contributed by atoms with van der Waals surface area (Å²) in [5.74, 6) is -0.371. The molecule has 1 aliphatic carbocycles. The summed E-state index contributed by atoms with van der Waals surface area (Å²) >= 11 is 0. The normalized spacial score (nSPS) is 22.8. The van der Waals surface area contributed by atoms with Crippen LogP contribution in [0.3, 0.4) is 0 Å². The molecule has 1 aromatic carbocycles. The van der Waals surface area contributed by atoms with Gasteiger partial charge in [0.1, 0.15) is 17.7 Å². The molecule has 0 bridgehead atoms. The number of carbonyl (C=O) groups excluding carboxylic acids is 2. The molecule has 7 nitrogen and oxygen atoms in total. The summed E-state index contributed by atoms with van der Waals surface area (Å²) in [6.07, 6.45) is 5.79. The number of amides is 3. The van der Waals surface area contributed by atoms with Crippen LogP contribution in [0, 0.1) is 11.7 Å². The van der Waals surface area contributed by atoms with Gasteiger partial charge in [-0.25, -0.2) is 9.18 Å².